The van der Waals surface area contributed by atoms with Gasteiger partial charge in [0.05, 0.1) is 12.3 Å². The van der Waals surface area contributed by atoms with Gasteiger partial charge >= 0.3 is 0 Å². The van der Waals surface area contributed by atoms with E-state index in [1.807, 2.05) is 0 Å². The van der Waals surface area contributed by atoms with Crippen molar-refractivity contribution < 1.29 is 9.90 Å². The number of rotatable bonds is 4. The summed E-state index contributed by atoms with van der Waals surface area (Å²) < 4.78 is 0. The van der Waals surface area contributed by atoms with E-state index in [0.29, 0.717) is 12.2 Å². The van der Waals surface area contributed by atoms with E-state index >= 15 is 0 Å². The van der Waals surface area contributed by atoms with Crippen LogP contribution in [0.3, 0.4) is 0 Å². The number of aliphatic hydroxyl groups excluding tert-OH is 1. The number of nitrogens with two attached hydrogens (primary N) is 1. The Labute approximate surface area is 107 Å². The van der Waals surface area contributed by atoms with Gasteiger partial charge in [0.1, 0.15) is 0 Å². The van der Waals surface area contributed by atoms with Gasteiger partial charge in [0, 0.05) is 18.8 Å². The smallest absolute Gasteiger partial charge is 0.274 e. The molecule has 1 aromatic heterocycles. The van der Waals surface area contributed by atoms with E-state index in [2.05, 4.69) is 4.98 Å². The number of nitrogen functional groups attached to an aromatic ring is 1. The standard InChI is InChI=1S/C13H19N3O2/c14-11-6-3-7-15-12(11)13(18)16(8-9-17)10-4-1-2-5-10/h3,6-7,10,17H,1-2,4-5,8-9,14H2. The van der Waals surface area contributed by atoms with E-state index in [-0.39, 0.29) is 24.2 Å². The highest BCUT2D eigenvalue weighted by Crippen LogP contribution is 2.25. The minimum Gasteiger partial charge on any atom is -0.397 e. The molecule has 0 radical (unpaired) electrons. The first-order valence-corrected chi connectivity index (χ1v) is 6.36. The first kappa shape index (κ1) is 12.8. The van der Waals surface area contributed by atoms with Gasteiger partial charge in [-0.25, -0.2) is 4.98 Å². The highest BCUT2D eigenvalue weighted by atomic mass is 16.3. The number of anilines is 1. The molecule has 18 heavy (non-hydrogen) atoms. The normalized spacial score (nSPS) is 15.8. The third-order valence-corrected chi connectivity index (χ3v) is 3.41. The van der Waals surface area contributed by atoms with Crippen LogP contribution < -0.4 is 5.73 Å². The summed E-state index contributed by atoms with van der Waals surface area (Å²) in [6, 6.07) is 3.59. The summed E-state index contributed by atoms with van der Waals surface area (Å²) in [6.45, 7) is 0.314. The van der Waals surface area contributed by atoms with Crippen molar-refractivity contribution in [2.45, 2.75) is 31.7 Å². The predicted molar refractivity (Wildman–Crippen MR) is 69.0 cm³/mol. The van der Waals surface area contributed by atoms with Crippen LogP contribution >= 0.6 is 0 Å². The maximum atomic E-state index is 12.4. The van der Waals surface area contributed by atoms with E-state index in [4.69, 9.17) is 10.8 Å². The minimum atomic E-state index is -0.172. The van der Waals surface area contributed by atoms with E-state index in [1.165, 1.54) is 0 Å². The molecule has 0 atom stereocenters. The van der Waals surface area contributed by atoms with E-state index in [9.17, 15) is 4.79 Å². The summed E-state index contributed by atoms with van der Waals surface area (Å²) in [5.74, 6) is -0.172. The van der Waals surface area contributed by atoms with Gasteiger partial charge in [-0.15, -0.1) is 0 Å². The third-order valence-electron chi connectivity index (χ3n) is 3.41. The van der Waals surface area contributed by atoms with E-state index in [0.717, 1.165) is 25.7 Å². The number of aromatic nitrogens is 1. The summed E-state index contributed by atoms with van der Waals surface area (Å²) >= 11 is 0. The number of hydrogen-bond acceptors (Lipinski definition) is 4. The Balaban J connectivity index is 2.20. The molecule has 3 N–H and O–H groups in total. The van der Waals surface area contributed by atoms with Crippen molar-refractivity contribution in [3.05, 3.63) is 24.0 Å². The zero-order valence-electron chi connectivity index (χ0n) is 10.4. The molecule has 0 aliphatic heterocycles. The Hall–Kier alpha value is -1.62. The highest BCUT2D eigenvalue weighted by molar-refractivity contribution is 5.97. The molecule has 5 nitrogen and oxygen atoms in total. The lowest BCUT2D eigenvalue weighted by atomic mass is 10.1. The molecular weight excluding hydrogens is 230 g/mol. The molecular formula is C13H19N3O2. The fraction of sp³-hybridized carbons (Fsp3) is 0.538. The average Bonchev–Trinajstić information content (AvgIpc) is 2.89. The maximum Gasteiger partial charge on any atom is 0.274 e. The van der Waals surface area contributed by atoms with Crippen LogP contribution in [0.4, 0.5) is 5.69 Å². The molecule has 1 heterocycles. The summed E-state index contributed by atoms with van der Waals surface area (Å²) in [5.41, 5.74) is 6.46. The molecule has 1 amide bonds. The molecule has 1 aliphatic carbocycles. The minimum absolute atomic E-state index is 0.0328. The van der Waals surface area contributed by atoms with Crippen LogP contribution in [0.25, 0.3) is 0 Å². The molecule has 0 saturated heterocycles. The molecule has 2 rings (SSSR count). The topological polar surface area (TPSA) is 79.5 Å². The highest BCUT2D eigenvalue weighted by Gasteiger charge is 2.28. The van der Waals surface area contributed by atoms with Crippen molar-refractivity contribution in [3.63, 3.8) is 0 Å². The SMILES string of the molecule is Nc1cccnc1C(=O)N(CCO)C1CCCC1. The Morgan fingerprint density at radius 2 is 2.22 bits per heavy atom. The fourth-order valence-electron chi connectivity index (χ4n) is 2.51. The summed E-state index contributed by atoms with van der Waals surface area (Å²) in [7, 11) is 0. The lowest BCUT2D eigenvalue weighted by molar-refractivity contribution is 0.0633. The van der Waals surface area contributed by atoms with E-state index in [1.54, 1.807) is 23.2 Å². The van der Waals surface area contributed by atoms with E-state index < -0.39 is 0 Å². The average molecular weight is 249 g/mol. The largest absolute Gasteiger partial charge is 0.397 e. The molecule has 1 aromatic rings. The zero-order chi connectivity index (χ0) is 13.0. The summed E-state index contributed by atoms with van der Waals surface area (Å²) in [6.07, 6.45) is 5.83. The third kappa shape index (κ3) is 2.61. The first-order valence-electron chi connectivity index (χ1n) is 6.36. The molecule has 1 aliphatic rings. The molecule has 0 bridgehead atoms. The maximum absolute atomic E-state index is 12.4. The number of pyridine rings is 1. The van der Waals surface area contributed by atoms with Gasteiger partial charge in [-0.3, -0.25) is 4.79 Å². The van der Waals surface area contributed by atoms with Crippen molar-refractivity contribution in [2.75, 3.05) is 18.9 Å². The second-order valence-electron chi connectivity index (χ2n) is 4.60. The number of amides is 1. The van der Waals surface area contributed by atoms with Gasteiger partial charge in [-0.1, -0.05) is 12.8 Å². The number of aliphatic hydroxyl groups is 1. The van der Waals surface area contributed by atoms with Crippen molar-refractivity contribution in [2.24, 2.45) is 0 Å². The number of carbonyl (C=O) groups excluding carboxylic acids is 1. The van der Waals surface area contributed by atoms with Crippen LogP contribution in [0.2, 0.25) is 0 Å². The van der Waals surface area contributed by atoms with Gasteiger partial charge in [0.25, 0.3) is 5.91 Å². The van der Waals surface area contributed by atoms with Crippen LogP contribution in [-0.2, 0) is 0 Å². The lowest BCUT2D eigenvalue weighted by Gasteiger charge is -2.28. The van der Waals surface area contributed by atoms with Crippen LogP contribution in [-0.4, -0.2) is 40.1 Å². The molecule has 0 spiro atoms. The summed E-state index contributed by atoms with van der Waals surface area (Å²) in [4.78, 5) is 18.2. The molecule has 5 heteroatoms. The van der Waals surface area contributed by atoms with Crippen molar-refractivity contribution in [1.29, 1.82) is 0 Å². The van der Waals surface area contributed by atoms with Gasteiger partial charge < -0.3 is 15.7 Å². The first-order chi connectivity index (χ1) is 8.74. The summed E-state index contributed by atoms with van der Waals surface area (Å²) in [5, 5.41) is 9.12. The number of hydrogen-bond donors (Lipinski definition) is 2. The Morgan fingerprint density at radius 1 is 1.50 bits per heavy atom. The Morgan fingerprint density at radius 3 is 2.83 bits per heavy atom. The zero-order valence-corrected chi connectivity index (χ0v) is 10.4. The van der Waals surface area contributed by atoms with Gasteiger partial charge in [0.15, 0.2) is 5.69 Å². The Kier molecular flexibility index (Phi) is 4.15. The lowest BCUT2D eigenvalue weighted by Crippen LogP contribution is -2.41. The van der Waals surface area contributed by atoms with Crippen molar-refractivity contribution in [3.8, 4) is 0 Å². The second kappa shape index (κ2) is 5.82. The van der Waals surface area contributed by atoms with Crippen LogP contribution in [0, 0.1) is 0 Å². The van der Waals surface area contributed by atoms with Crippen molar-refractivity contribution >= 4 is 11.6 Å². The monoisotopic (exact) mass is 249 g/mol. The fourth-order valence-corrected chi connectivity index (χ4v) is 2.51. The molecule has 0 unspecified atom stereocenters. The molecule has 0 aromatic carbocycles. The number of carbonyl (C=O) groups is 1. The van der Waals surface area contributed by atoms with Crippen LogP contribution in [0.1, 0.15) is 36.2 Å². The molecule has 98 valence electrons. The molecule has 1 fully saturated rings. The van der Waals surface area contributed by atoms with Crippen LogP contribution in [0.5, 0.6) is 0 Å². The number of nitrogens with zero attached hydrogens (tertiary/aromatic N) is 2. The van der Waals surface area contributed by atoms with Gasteiger partial charge in [0.2, 0.25) is 0 Å². The quantitative estimate of drug-likeness (QED) is 0.835. The van der Waals surface area contributed by atoms with Gasteiger partial charge in [-0.2, -0.15) is 0 Å². The Bertz CT molecular complexity index is 416. The van der Waals surface area contributed by atoms with Crippen molar-refractivity contribution in [1.82, 2.24) is 9.88 Å². The van der Waals surface area contributed by atoms with Crippen LogP contribution in [0.15, 0.2) is 18.3 Å². The predicted octanol–water partition coefficient (Wildman–Crippen LogP) is 1.04. The van der Waals surface area contributed by atoms with Gasteiger partial charge in [-0.05, 0) is 25.0 Å². The molecule has 1 saturated carbocycles. The second-order valence-corrected chi connectivity index (χ2v) is 4.60.